The van der Waals surface area contributed by atoms with Gasteiger partial charge in [0.2, 0.25) is 0 Å². The van der Waals surface area contributed by atoms with Crippen LogP contribution in [0.4, 0.5) is 0 Å². The number of rotatable bonds is 3. The molecule has 0 spiro atoms. The van der Waals surface area contributed by atoms with Crippen molar-refractivity contribution in [1.29, 1.82) is 0 Å². The SMILES string of the molecule is CC(C)C[C@H](N)C(=O)[Se]. The second-order valence-corrected chi connectivity index (χ2v) is 3.40. The quantitative estimate of drug-likeness (QED) is 0.644. The van der Waals surface area contributed by atoms with Crippen LogP contribution in [0.2, 0.25) is 0 Å². The Morgan fingerprint density at radius 1 is 1.67 bits per heavy atom. The Kier molecular flexibility index (Phi) is 4.11. The summed E-state index contributed by atoms with van der Waals surface area (Å²) in [6.45, 7) is 4.09. The fourth-order valence-electron chi connectivity index (χ4n) is 0.604. The van der Waals surface area contributed by atoms with Gasteiger partial charge >= 0.3 is 63.5 Å². The van der Waals surface area contributed by atoms with Crippen molar-refractivity contribution in [3.05, 3.63) is 0 Å². The standard InChI is InChI=1S/C6H12NOSe/c1-4(2)3-5(7)6(8)9/h4-5H,3,7H2,1-2H3/t5-/m0/s1. The van der Waals surface area contributed by atoms with Crippen LogP contribution in [0.3, 0.4) is 0 Å². The molecule has 2 nitrogen and oxygen atoms in total. The topological polar surface area (TPSA) is 43.1 Å². The molecule has 0 rings (SSSR count). The average molecular weight is 193 g/mol. The van der Waals surface area contributed by atoms with E-state index < -0.39 is 0 Å². The van der Waals surface area contributed by atoms with Crippen molar-refractivity contribution in [2.45, 2.75) is 26.3 Å². The van der Waals surface area contributed by atoms with Crippen LogP contribution < -0.4 is 5.73 Å². The van der Waals surface area contributed by atoms with E-state index in [1.807, 2.05) is 13.8 Å². The molecule has 53 valence electrons. The monoisotopic (exact) mass is 194 g/mol. The van der Waals surface area contributed by atoms with E-state index in [9.17, 15) is 4.79 Å². The Hall–Kier alpha value is 0.149. The van der Waals surface area contributed by atoms with Gasteiger partial charge in [0.05, 0.1) is 0 Å². The predicted molar refractivity (Wildman–Crippen MR) is 38.2 cm³/mol. The number of nitrogens with two attached hydrogens (primary N) is 1. The first kappa shape index (κ1) is 9.15. The van der Waals surface area contributed by atoms with Crippen molar-refractivity contribution >= 4 is 20.7 Å². The van der Waals surface area contributed by atoms with Gasteiger partial charge < -0.3 is 0 Å². The molecule has 1 radical (unpaired) electrons. The van der Waals surface area contributed by atoms with Crippen LogP contribution in [0.25, 0.3) is 0 Å². The fraction of sp³-hybridized carbons (Fsp3) is 0.833. The first-order valence-corrected chi connectivity index (χ1v) is 3.86. The van der Waals surface area contributed by atoms with Crippen molar-refractivity contribution in [1.82, 2.24) is 0 Å². The molecule has 0 saturated heterocycles. The molecule has 0 bridgehead atoms. The van der Waals surface area contributed by atoms with Crippen LogP contribution in [-0.2, 0) is 4.79 Å². The summed E-state index contributed by atoms with van der Waals surface area (Å²) in [5, 5.41) is 0. The predicted octanol–water partition coefficient (Wildman–Crippen LogP) is 0.0549. The molecule has 0 aliphatic rings. The van der Waals surface area contributed by atoms with Crippen molar-refractivity contribution in [3.63, 3.8) is 0 Å². The maximum atomic E-state index is 10.5. The minimum absolute atomic E-state index is 0.0382. The summed E-state index contributed by atoms with van der Waals surface area (Å²) in [7, 11) is 0. The van der Waals surface area contributed by atoms with Crippen LogP contribution in [0.5, 0.6) is 0 Å². The molecule has 0 unspecified atom stereocenters. The van der Waals surface area contributed by atoms with Crippen LogP contribution in [0, 0.1) is 5.92 Å². The zero-order chi connectivity index (χ0) is 7.44. The number of carbonyl (C=O) groups is 1. The minimum atomic E-state index is -0.301. The molecular weight excluding hydrogens is 181 g/mol. The Bertz CT molecular complexity index is 103. The van der Waals surface area contributed by atoms with Gasteiger partial charge in [-0.25, -0.2) is 0 Å². The Balaban J connectivity index is 3.50. The summed E-state index contributed by atoms with van der Waals surface area (Å²) in [5.74, 6) is 0.497. The molecule has 0 aromatic heterocycles. The zero-order valence-corrected chi connectivity index (χ0v) is 7.47. The van der Waals surface area contributed by atoms with Gasteiger partial charge in [-0.05, 0) is 0 Å². The van der Waals surface area contributed by atoms with E-state index >= 15 is 0 Å². The number of hydrogen-bond donors (Lipinski definition) is 1. The third-order valence-corrected chi connectivity index (χ3v) is 1.66. The van der Waals surface area contributed by atoms with E-state index in [2.05, 4.69) is 16.0 Å². The van der Waals surface area contributed by atoms with Crippen LogP contribution >= 0.6 is 0 Å². The summed E-state index contributed by atoms with van der Waals surface area (Å²) in [6, 6.07) is -0.301. The van der Waals surface area contributed by atoms with Gasteiger partial charge in [-0.2, -0.15) is 0 Å². The summed E-state index contributed by atoms with van der Waals surface area (Å²) >= 11 is 2.38. The summed E-state index contributed by atoms with van der Waals surface area (Å²) < 4.78 is -0.0382. The molecule has 3 heteroatoms. The molecule has 1 atom stereocenters. The van der Waals surface area contributed by atoms with E-state index in [1.165, 1.54) is 0 Å². The first-order valence-electron chi connectivity index (χ1n) is 3.00. The van der Waals surface area contributed by atoms with Crippen molar-refractivity contribution in [2.75, 3.05) is 0 Å². The zero-order valence-electron chi connectivity index (χ0n) is 5.76. The average Bonchev–Trinajstić information content (AvgIpc) is 1.63. The maximum absolute atomic E-state index is 10.5. The van der Waals surface area contributed by atoms with Crippen molar-refractivity contribution < 1.29 is 4.79 Å². The first-order chi connectivity index (χ1) is 4.04. The van der Waals surface area contributed by atoms with Gasteiger partial charge in [0, 0.05) is 0 Å². The normalized spacial score (nSPS) is 13.8. The molecule has 2 N–H and O–H groups in total. The number of carbonyl (C=O) groups excluding carboxylic acids is 1. The van der Waals surface area contributed by atoms with Crippen LogP contribution in [0.15, 0.2) is 0 Å². The second kappa shape index (κ2) is 4.04. The third kappa shape index (κ3) is 4.64. The van der Waals surface area contributed by atoms with E-state index in [4.69, 9.17) is 5.73 Å². The molecule has 0 aromatic carbocycles. The van der Waals surface area contributed by atoms with Gasteiger partial charge in [-0.3, -0.25) is 0 Å². The molecule has 0 aromatic rings. The molecule has 0 aliphatic carbocycles. The fourth-order valence-corrected chi connectivity index (χ4v) is 0.806. The van der Waals surface area contributed by atoms with Crippen LogP contribution in [-0.4, -0.2) is 26.7 Å². The van der Waals surface area contributed by atoms with Gasteiger partial charge in [0.15, 0.2) is 0 Å². The Morgan fingerprint density at radius 2 is 2.11 bits per heavy atom. The Morgan fingerprint density at radius 3 is 2.22 bits per heavy atom. The summed E-state index contributed by atoms with van der Waals surface area (Å²) in [5.41, 5.74) is 5.44. The van der Waals surface area contributed by atoms with Gasteiger partial charge in [0.1, 0.15) is 0 Å². The molecule has 0 aliphatic heterocycles. The summed E-state index contributed by atoms with van der Waals surface area (Å²) in [4.78, 5) is 10.5. The molecule has 0 heterocycles. The van der Waals surface area contributed by atoms with Crippen LogP contribution in [0.1, 0.15) is 20.3 Å². The van der Waals surface area contributed by atoms with Crippen molar-refractivity contribution in [2.24, 2.45) is 11.7 Å². The third-order valence-electron chi connectivity index (χ3n) is 1.03. The van der Waals surface area contributed by atoms with E-state index in [0.29, 0.717) is 5.92 Å². The summed E-state index contributed by atoms with van der Waals surface area (Å²) in [6.07, 6.45) is 0.770. The van der Waals surface area contributed by atoms with E-state index in [-0.39, 0.29) is 10.7 Å². The molecule has 9 heavy (non-hydrogen) atoms. The van der Waals surface area contributed by atoms with Gasteiger partial charge in [0.25, 0.3) is 0 Å². The van der Waals surface area contributed by atoms with Crippen molar-refractivity contribution in [3.8, 4) is 0 Å². The molecule has 0 saturated carbocycles. The molecule has 0 fully saturated rings. The van der Waals surface area contributed by atoms with Gasteiger partial charge in [-0.1, -0.05) is 0 Å². The molecular formula is C6H12NOSe. The van der Waals surface area contributed by atoms with E-state index in [0.717, 1.165) is 6.42 Å². The number of hydrogen-bond acceptors (Lipinski definition) is 2. The second-order valence-electron chi connectivity index (χ2n) is 2.56. The Labute approximate surface area is 64.0 Å². The van der Waals surface area contributed by atoms with Gasteiger partial charge in [-0.15, -0.1) is 0 Å². The van der Waals surface area contributed by atoms with E-state index in [1.54, 1.807) is 0 Å². The molecule has 0 amide bonds.